The summed E-state index contributed by atoms with van der Waals surface area (Å²) in [4.78, 5) is 13.1. The molecule has 0 N–H and O–H groups in total. The number of hydrogen-bond donors (Lipinski definition) is 0. The van der Waals surface area contributed by atoms with E-state index >= 15 is 0 Å². The summed E-state index contributed by atoms with van der Waals surface area (Å²) in [5.41, 5.74) is 0. The molecule has 22 heavy (non-hydrogen) atoms. The zero-order valence-corrected chi connectivity index (χ0v) is 14.7. The molecule has 1 aromatic rings. The normalized spacial score (nSPS) is 9.27. The monoisotopic (exact) mass is 343 g/mol. The molecule has 0 bridgehead atoms. The average Bonchev–Trinajstić information content (AvgIpc) is 2.50. The maximum absolute atomic E-state index is 11.3. The van der Waals surface area contributed by atoms with Crippen molar-refractivity contribution in [3.8, 4) is 5.75 Å². The summed E-state index contributed by atoms with van der Waals surface area (Å²) in [5.74, 6) is 0.848. The van der Waals surface area contributed by atoms with Gasteiger partial charge in [0.05, 0.1) is 17.2 Å². The van der Waals surface area contributed by atoms with Gasteiger partial charge in [-0.1, -0.05) is 42.3 Å². The minimum Gasteiger partial charge on any atom is -0.497 e. The third-order valence-corrected chi connectivity index (χ3v) is 3.38. The molecule has 0 aliphatic carbocycles. The quantitative estimate of drug-likeness (QED) is 0.652. The maximum Gasteiger partial charge on any atom is 0.226 e. The number of carbonyl (C=O) groups is 1. The Morgan fingerprint density at radius 1 is 1.27 bits per heavy atom. The van der Waals surface area contributed by atoms with Crippen molar-refractivity contribution in [3.63, 3.8) is 0 Å². The van der Waals surface area contributed by atoms with Crippen molar-refractivity contribution in [1.82, 2.24) is 4.90 Å². The molecule has 1 aromatic carbocycles. The van der Waals surface area contributed by atoms with E-state index in [9.17, 15) is 4.79 Å². The number of ether oxygens (including phenoxy) is 1. The second kappa shape index (κ2) is 12.1. The Kier molecular flexibility index (Phi) is 11.3. The van der Waals surface area contributed by atoms with E-state index in [1.807, 2.05) is 0 Å². The summed E-state index contributed by atoms with van der Waals surface area (Å²) < 4.78 is 4.91. The second-order valence-electron chi connectivity index (χ2n) is 4.40. The van der Waals surface area contributed by atoms with E-state index in [0.29, 0.717) is 23.0 Å². The minimum atomic E-state index is 0.131. The van der Waals surface area contributed by atoms with Crippen LogP contribution in [-0.2, 0) is 4.79 Å². The van der Waals surface area contributed by atoms with Gasteiger partial charge in [0.25, 0.3) is 0 Å². The number of rotatable bonds is 7. The van der Waals surface area contributed by atoms with E-state index in [0.717, 1.165) is 18.7 Å². The molecule has 0 atom stereocenters. The first-order valence-corrected chi connectivity index (χ1v) is 7.74. The molecular formula is C17H23Cl2NO2. The summed E-state index contributed by atoms with van der Waals surface area (Å²) in [5, 5.41) is 1.06. The highest BCUT2D eigenvalue weighted by molar-refractivity contribution is 6.42. The molecule has 0 unspecified atom stereocenters. The molecule has 0 saturated carbocycles. The van der Waals surface area contributed by atoms with Gasteiger partial charge in [-0.05, 0) is 18.6 Å². The van der Waals surface area contributed by atoms with Crippen LogP contribution in [0.25, 0.3) is 0 Å². The van der Waals surface area contributed by atoms with Crippen molar-refractivity contribution in [2.75, 3.05) is 20.2 Å². The zero-order chi connectivity index (χ0) is 17.0. The molecule has 0 aromatic heterocycles. The number of hydrogen-bond acceptors (Lipinski definition) is 2. The first-order chi connectivity index (χ1) is 10.5. The summed E-state index contributed by atoms with van der Waals surface area (Å²) >= 11 is 11.3. The van der Waals surface area contributed by atoms with Gasteiger partial charge in [0.15, 0.2) is 0 Å². The van der Waals surface area contributed by atoms with Gasteiger partial charge in [0.1, 0.15) is 5.75 Å². The lowest BCUT2D eigenvalue weighted by atomic mass is 10.3. The topological polar surface area (TPSA) is 29.5 Å². The average molecular weight is 344 g/mol. The SMILES string of the molecule is C=CCC(=O)N(CC=C)CCC.COc1ccc(Cl)c(Cl)c1. The fourth-order valence-electron chi connectivity index (χ4n) is 1.60. The van der Waals surface area contributed by atoms with Gasteiger partial charge in [-0.2, -0.15) is 0 Å². The van der Waals surface area contributed by atoms with E-state index in [1.54, 1.807) is 42.4 Å². The molecule has 0 aliphatic heterocycles. The number of halogens is 2. The highest BCUT2D eigenvalue weighted by Gasteiger charge is 2.07. The first-order valence-electron chi connectivity index (χ1n) is 6.98. The molecule has 1 rings (SSSR count). The Balaban J connectivity index is 0.000000406. The van der Waals surface area contributed by atoms with Gasteiger partial charge in [-0.3, -0.25) is 4.79 Å². The van der Waals surface area contributed by atoms with Gasteiger partial charge in [-0.15, -0.1) is 13.2 Å². The molecule has 1 amide bonds. The second-order valence-corrected chi connectivity index (χ2v) is 5.22. The van der Waals surface area contributed by atoms with Gasteiger partial charge in [-0.25, -0.2) is 0 Å². The summed E-state index contributed by atoms with van der Waals surface area (Å²) in [6, 6.07) is 5.13. The maximum atomic E-state index is 11.3. The highest BCUT2D eigenvalue weighted by Crippen LogP contribution is 2.25. The van der Waals surface area contributed by atoms with E-state index in [2.05, 4.69) is 20.1 Å². The van der Waals surface area contributed by atoms with Crippen LogP contribution in [0, 0.1) is 0 Å². The van der Waals surface area contributed by atoms with Crippen molar-refractivity contribution in [2.24, 2.45) is 0 Å². The Morgan fingerprint density at radius 2 is 1.95 bits per heavy atom. The fraction of sp³-hybridized carbons (Fsp3) is 0.353. The summed E-state index contributed by atoms with van der Waals surface area (Å²) in [7, 11) is 1.58. The van der Waals surface area contributed by atoms with Crippen LogP contribution in [0.5, 0.6) is 5.75 Å². The van der Waals surface area contributed by atoms with Gasteiger partial charge in [0.2, 0.25) is 5.91 Å². The molecule has 122 valence electrons. The summed E-state index contributed by atoms with van der Waals surface area (Å²) in [6.45, 7) is 10.6. The molecule has 0 fully saturated rings. The van der Waals surface area contributed by atoms with Crippen LogP contribution in [0.4, 0.5) is 0 Å². The van der Waals surface area contributed by atoms with E-state index in [-0.39, 0.29) is 5.91 Å². The van der Waals surface area contributed by atoms with Crippen LogP contribution in [0.15, 0.2) is 43.5 Å². The minimum absolute atomic E-state index is 0.131. The molecule has 0 spiro atoms. The van der Waals surface area contributed by atoms with E-state index in [1.165, 1.54) is 0 Å². The lowest BCUT2D eigenvalue weighted by Gasteiger charge is -2.19. The predicted octanol–water partition coefficient (Wildman–Crippen LogP) is 4.99. The molecule has 0 heterocycles. The third-order valence-electron chi connectivity index (χ3n) is 2.64. The standard InChI is InChI=1S/C10H17NO.C7H6Cl2O/c1-4-7-10(12)11(8-5-2)9-6-3;1-10-5-2-3-6(8)7(9)4-5/h4-5H,1-2,6-9H2,3H3;2-4H,1H3. The molecule has 0 radical (unpaired) electrons. The number of nitrogens with zero attached hydrogens (tertiary/aromatic N) is 1. The van der Waals surface area contributed by atoms with Crippen LogP contribution in [0.2, 0.25) is 10.0 Å². The van der Waals surface area contributed by atoms with Crippen molar-refractivity contribution >= 4 is 29.1 Å². The fourth-order valence-corrected chi connectivity index (χ4v) is 1.89. The van der Waals surface area contributed by atoms with Crippen LogP contribution >= 0.6 is 23.2 Å². The molecule has 0 saturated heterocycles. The van der Waals surface area contributed by atoms with Gasteiger partial charge in [0, 0.05) is 25.6 Å². The number of methoxy groups -OCH3 is 1. The van der Waals surface area contributed by atoms with Crippen molar-refractivity contribution in [2.45, 2.75) is 19.8 Å². The lowest BCUT2D eigenvalue weighted by molar-refractivity contribution is -0.129. The van der Waals surface area contributed by atoms with E-state index in [4.69, 9.17) is 27.9 Å². The van der Waals surface area contributed by atoms with Crippen LogP contribution in [-0.4, -0.2) is 31.0 Å². The number of carbonyl (C=O) groups excluding carboxylic acids is 1. The summed E-state index contributed by atoms with van der Waals surface area (Å²) in [6.07, 6.45) is 4.79. The van der Waals surface area contributed by atoms with Crippen LogP contribution < -0.4 is 4.74 Å². The smallest absolute Gasteiger partial charge is 0.226 e. The Morgan fingerprint density at radius 3 is 2.41 bits per heavy atom. The molecule has 5 heteroatoms. The lowest BCUT2D eigenvalue weighted by Crippen LogP contribution is -2.31. The Hall–Kier alpha value is -1.45. The Bertz CT molecular complexity index is 490. The zero-order valence-electron chi connectivity index (χ0n) is 13.1. The number of amides is 1. The highest BCUT2D eigenvalue weighted by atomic mass is 35.5. The van der Waals surface area contributed by atoms with E-state index < -0.39 is 0 Å². The third kappa shape index (κ3) is 8.11. The van der Waals surface area contributed by atoms with Crippen molar-refractivity contribution in [1.29, 1.82) is 0 Å². The molecular weight excluding hydrogens is 321 g/mol. The van der Waals surface area contributed by atoms with Crippen LogP contribution in [0.1, 0.15) is 19.8 Å². The largest absolute Gasteiger partial charge is 0.497 e. The number of benzene rings is 1. The first kappa shape index (κ1) is 20.6. The van der Waals surface area contributed by atoms with Gasteiger partial charge < -0.3 is 9.64 Å². The van der Waals surface area contributed by atoms with Crippen LogP contribution in [0.3, 0.4) is 0 Å². The molecule has 0 aliphatic rings. The Labute approximate surface area is 143 Å². The van der Waals surface area contributed by atoms with Crippen molar-refractivity contribution in [3.05, 3.63) is 53.6 Å². The molecule has 3 nitrogen and oxygen atoms in total. The predicted molar refractivity (Wildman–Crippen MR) is 94.9 cm³/mol. The van der Waals surface area contributed by atoms with Gasteiger partial charge >= 0.3 is 0 Å². The van der Waals surface area contributed by atoms with Crippen molar-refractivity contribution < 1.29 is 9.53 Å².